The highest BCUT2D eigenvalue weighted by Gasteiger charge is 2.34. The van der Waals surface area contributed by atoms with Gasteiger partial charge < -0.3 is 5.73 Å². The molecule has 1 aromatic carbocycles. The second kappa shape index (κ2) is 9.47. The predicted octanol–water partition coefficient (Wildman–Crippen LogP) is 4.74. The highest BCUT2D eigenvalue weighted by atomic mass is 19.1. The first kappa shape index (κ1) is 21.9. The summed E-state index contributed by atoms with van der Waals surface area (Å²) in [5.41, 5.74) is 6.33. The molecule has 0 aliphatic carbocycles. The first-order valence-electron chi connectivity index (χ1n) is 9.93. The fourth-order valence-electron chi connectivity index (χ4n) is 3.81. The van der Waals surface area contributed by atoms with Crippen molar-refractivity contribution in [3.05, 3.63) is 119 Å². The van der Waals surface area contributed by atoms with Crippen molar-refractivity contribution in [1.29, 1.82) is 0 Å². The number of carbonyl (C=O) groups is 1. The Kier molecular flexibility index (Phi) is 6.30. The minimum absolute atomic E-state index is 0.105. The average molecular weight is 449 g/mol. The smallest absolute Gasteiger partial charge is 0.317 e. The molecule has 33 heavy (non-hydrogen) atoms. The van der Waals surface area contributed by atoms with E-state index in [0.717, 1.165) is 0 Å². The van der Waals surface area contributed by atoms with E-state index >= 15 is 0 Å². The van der Waals surface area contributed by atoms with Crippen molar-refractivity contribution in [2.24, 2.45) is 5.73 Å². The molecule has 1 unspecified atom stereocenters. The lowest BCUT2D eigenvalue weighted by Gasteiger charge is -2.28. The van der Waals surface area contributed by atoms with Crippen molar-refractivity contribution in [1.82, 2.24) is 15.0 Å². The number of hydrogen-bond acceptors (Lipinski definition) is 4. The molecule has 4 aromatic rings. The maximum absolute atomic E-state index is 15.0. The van der Waals surface area contributed by atoms with Gasteiger partial charge in [0.2, 0.25) is 11.9 Å². The Morgan fingerprint density at radius 2 is 1.39 bits per heavy atom. The lowest BCUT2D eigenvalue weighted by molar-refractivity contribution is 0.259. The molecule has 0 aliphatic heterocycles. The second-order valence-electron chi connectivity index (χ2n) is 7.21. The molecule has 0 radical (unpaired) electrons. The summed E-state index contributed by atoms with van der Waals surface area (Å²) in [5.74, 6) is -3.64. The maximum atomic E-state index is 15.0. The zero-order valence-electron chi connectivity index (χ0n) is 17.1. The molecule has 166 valence electrons. The molecule has 3 aromatic heterocycles. The zero-order valence-corrected chi connectivity index (χ0v) is 17.1. The van der Waals surface area contributed by atoms with Crippen LogP contribution in [0.15, 0.2) is 79.1 Å². The molecule has 1 atom stereocenters. The van der Waals surface area contributed by atoms with Crippen LogP contribution in [0.2, 0.25) is 0 Å². The number of primary amides is 1. The van der Waals surface area contributed by atoms with Crippen molar-refractivity contribution in [2.75, 3.05) is 5.32 Å². The number of amides is 2. The maximum Gasteiger partial charge on any atom is 0.317 e. The number of pyridine rings is 3. The van der Waals surface area contributed by atoms with Crippen LogP contribution in [0.5, 0.6) is 0 Å². The summed E-state index contributed by atoms with van der Waals surface area (Å²) < 4.78 is 43.6. The van der Waals surface area contributed by atoms with Crippen LogP contribution in [0, 0.1) is 17.7 Å². The van der Waals surface area contributed by atoms with Crippen molar-refractivity contribution < 1.29 is 18.0 Å². The zero-order chi connectivity index (χ0) is 23.4. The van der Waals surface area contributed by atoms with Gasteiger partial charge in [0.15, 0.2) is 0 Å². The summed E-state index contributed by atoms with van der Waals surface area (Å²) in [6.07, 6.45) is 2.58. The topological polar surface area (TPSA) is 93.8 Å². The predicted molar refractivity (Wildman–Crippen MR) is 116 cm³/mol. The van der Waals surface area contributed by atoms with E-state index in [-0.39, 0.29) is 16.9 Å². The number of halogens is 3. The number of carbonyl (C=O) groups excluding carboxylic acids is 1. The number of anilines is 1. The van der Waals surface area contributed by atoms with Crippen LogP contribution in [0.3, 0.4) is 0 Å². The Morgan fingerprint density at radius 3 is 1.94 bits per heavy atom. The van der Waals surface area contributed by atoms with Crippen LogP contribution in [0.1, 0.15) is 34.2 Å². The molecule has 0 aliphatic rings. The Bertz CT molecular complexity index is 1240. The number of aromatic nitrogens is 3. The Morgan fingerprint density at radius 1 is 0.788 bits per heavy atom. The molecule has 0 fully saturated rings. The highest BCUT2D eigenvalue weighted by Crippen LogP contribution is 2.43. The van der Waals surface area contributed by atoms with Crippen molar-refractivity contribution in [2.45, 2.75) is 11.8 Å². The van der Waals surface area contributed by atoms with E-state index in [2.05, 4.69) is 20.3 Å². The Hall–Kier alpha value is -4.27. The highest BCUT2D eigenvalue weighted by molar-refractivity contribution is 5.86. The molecule has 6 nitrogen and oxygen atoms in total. The van der Waals surface area contributed by atoms with Gasteiger partial charge in [-0.25, -0.2) is 24.1 Å². The monoisotopic (exact) mass is 449 g/mol. The summed E-state index contributed by atoms with van der Waals surface area (Å²) in [5, 5.41) is 2.40. The molecule has 3 N–H and O–H groups in total. The van der Waals surface area contributed by atoms with Gasteiger partial charge in [-0.1, -0.05) is 30.3 Å². The number of rotatable bonds is 6. The molecule has 0 bridgehead atoms. The summed E-state index contributed by atoms with van der Waals surface area (Å²) in [6, 6.07) is 15.6. The molecular weight excluding hydrogens is 431 g/mol. The number of nitrogens with two attached hydrogens (primary N) is 1. The normalized spacial score (nSPS) is 11.9. The lowest BCUT2D eigenvalue weighted by Crippen LogP contribution is -2.22. The molecule has 3 heterocycles. The van der Waals surface area contributed by atoms with E-state index in [0.29, 0.717) is 11.3 Å². The van der Waals surface area contributed by atoms with Crippen molar-refractivity contribution in [3.63, 3.8) is 0 Å². The molecule has 0 saturated carbocycles. The van der Waals surface area contributed by atoms with Crippen LogP contribution >= 0.6 is 0 Å². The van der Waals surface area contributed by atoms with Gasteiger partial charge in [-0.15, -0.1) is 0 Å². The molecule has 4 rings (SSSR count). The van der Waals surface area contributed by atoms with Crippen molar-refractivity contribution >= 4 is 11.8 Å². The average Bonchev–Trinajstić information content (AvgIpc) is 2.79. The summed E-state index contributed by atoms with van der Waals surface area (Å²) in [7, 11) is 0. The van der Waals surface area contributed by atoms with Crippen molar-refractivity contribution in [3.8, 4) is 0 Å². The van der Waals surface area contributed by atoms with Crippen LogP contribution in [-0.4, -0.2) is 21.0 Å². The Labute approximate surface area is 187 Å². The van der Waals surface area contributed by atoms with E-state index in [9.17, 15) is 18.0 Å². The van der Waals surface area contributed by atoms with Gasteiger partial charge in [-0.3, -0.25) is 5.32 Å². The minimum atomic E-state index is -0.964. The first-order chi connectivity index (χ1) is 15.9. The number of nitrogens with zero attached hydrogens (tertiary/aromatic N) is 3. The molecular formula is C24H18F3N5O. The number of benzene rings is 1. The third kappa shape index (κ3) is 4.82. The fraction of sp³-hybridized carbons (Fsp3) is 0.0833. The fourth-order valence-corrected chi connectivity index (χ4v) is 3.81. The second-order valence-corrected chi connectivity index (χ2v) is 7.21. The van der Waals surface area contributed by atoms with Crippen LogP contribution in [0.25, 0.3) is 0 Å². The third-order valence-electron chi connectivity index (χ3n) is 5.15. The molecule has 0 saturated heterocycles. The van der Waals surface area contributed by atoms with Gasteiger partial charge >= 0.3 is 6.03 Å². The number of urea groups is 1. The lowest BCUT2D eigenvalue weighted by atomic mass is 9.76. The summed E-state index contributed by atoms with van der Waals surface area (Å²) in [6.45, 7) is 0. The van der Waals surface area contributed by atoms with Gasteiger partial charge in [0.1, 0.15) is 11.6 Å². The first-order valence-corrected chi connectivity index (χ1v) is 9.93. The SMILES string of the molecule is NC(=O)Nc1cccc(C(c2ccc(F)cc2)C(c2cccnc2F)c2cccnc2F)n1. The van der Waals surface area contributed by atoms with E-state index in [1.165, 1.54) is 54.9 Å². The van der Waals surface area contributed by atoms with Gasteiger partial charge in [0, 0.05) is 35.4 Å². The quantitative estimate of drug-likeness (QED) is 0.416. The molecule has 2 amide bonds. The van der Waals surface area contributed by atoms with E-state index in [1.54, 1.807) is 24.3 Å². The largest absolute Gasteiger partial charge is 0.351 e. The van der Waals surface area contributed by atoms with E-state index in [4.69, 9.17) is 5.73 Å². The van der Waals surface area contributed by atoms with E-state index in [1.807, 2.05) is 0 Å². The summed E-state index contributed by atoms with van der Waals surface area (Å²) in [4.78, 5) is 23.3. The molecule has 9 heteroatoms. The van der Waals surface area contributed by atoms with E-state index < -0.39 is 35.6 Å². The Balaban J connectivity index is 1.99. The number of hydrogen-bond donors (Lipinski definition) is 2. The number of nitrogens with one attached hydrogen (secondary N) is 1. The minimum Gasteiger partial charge on any atom is -0.351 e. The van der Waals surface area contributed by atoms with Crippen LogP contribution in [0.4, 0.5) is 23.8 Å². The van der Waals surface area contributed by atoms with Gasteiger partial charge in [0.05, 0.1) is 5.69 Å². The van der Waals surface area contributed by atoms with Gasteiger partial charge in [-0.2, -0.15) is 8.78 Å². The van der Waals surface area contributed by atoms with Crippen LogP contribution in [-0.2, 0) is 0 Å². The van der Waals surface area contributed by atoms with Crippen LogP contribution < -0.4 is 11.1 Å². The third-order valence-corrected chi connectivity index (χ3v) is 5.15. The summed E-state index contributed by atoms with van der Waals surface area (Å²) >= 11 is 0. The molecule has 0 spiro atoms. The standard InChI is InChI=1S/C24H18F3N5O/c25-15-10-8-14(9-11-15)20(18-6-1-7-19(31-18)32-24(28)33)21(16-4-2-12-29-22(16)26)17-5-3-13-30-23(17)27/h1-13,20-21H,(H3,28,31,32,33). The van der Waals surface area contributed by atoms with Gasteiger partial charge in [0.25, 0.3) is 0 Å². The van der Waals surface area contributed by atoms with Gasteiger partial charge in [-0.05, 0) is 42.0 Å².